The van der Waals surface area contributed by atoms with Gasteiger partial charge in [-0.15, -0.1) is 0 Å². The molecular formula is C15H25NO2. The van der Waals surface area contributed by atoms with E-state index in [0.717, 1.165) is 18.9 Å². The SMILES string of the molecule is CCCC(C)NCCOCc1ccc(OC)cc1. The number of nitrogens with one attached hydrogen (secondary N) is 1. The van der Waals surface area contributed by atoms with E-state index in [1.165, 1.54) is 18.4 Å². The number of benzene rings is 1. The summed E-state index contributed by atoms with van der Waals surface area (Å²) in [7, 11) is 1.68. The molecule has 3 nitrogen and oxygen atoms in total. The molecule has 0 aliphatic heterocycles. The molecule has 1 aromatic carbocycles. The van der Waals surface area contributed by atoms with Crippen LogP contribution in [-0.4, -0.2) is 26.3 Å². The molecule has 0 aromatic heterocycles. The molecule has 0 saturated carbocycles. The first-order valence-electron chi connectivity index (χ1n) is 6.70. The molecule has 0 radical (unpaired) electrons. The van der Waals surface area contributed by atoms with Crippen molar-refractivity contribution in [1.82, 2.24) is 5.32 Å². The Balaban J connectivity index is 2.10. The van der Waals surface area contributed by atoms with Crippen molar-refractivity contribution in [2.75, 3.05) is 20.3 Å². The third-order valence-corrected chi connectivity index (χ3v) is 2.89. The zero-order valence-corrected chi connectivity index (χ0v) is 11.7. The molecule has 1 atom stereocenters. The van der Waals surface area contributed by atoms with Crippen molar-refractivity contribution < 1.29 is 9.47 Å². The highest BCUT2D eigenvalue weighted by Gasteiger charge is 1.99. The van der Waals surface area contributed by atoms with Gasteiger partial charge in [-0.25, -0.2) is 0 Å². The van der Waals surface area contributed by atoms with Gasteiger partial charge in [-0.1, -0.05) is 25.5 Å². The van der Waals surface area contributed by atoms with E-state index in [0.29, 0.717) is 12.6 Å². The predicted octanol–water partition coefficient (Wildman–Crippen LogP) is 2.99. The fourth-order valence-corrected chi connectivity index (χ4v) is 1.82. The Morgan fingerprint density at radius 3 is 2.56 bits per heavy atom. The lowest BCUT2D eigenvalue weighted by Gasteiger charge is -2.12. The summed E-state index contributed by atoms with van der Waals surface area (Å²) >= 11 is 0. The van der Waals surface area contributed by atoms with Crippen LogP contribution < -0.4 is 10.1 Å². The van der Waals surface area contributed by atoms with Crippen LogP contribution in [0.5, 0.6) is 5.75 Å². The lowest BCUT2D eigenvalue weighted by Crippen LogP contribution is -2.29. The lowest BCUT2D eigenvalue weighted by atomic mass is 10.2. The Bertz CT molecular complexity index is 311. The van der Waals surface area contributed by atoms with Crippen LogP contribution >= 0.6 is 0 Å². The van der Waals surface area contributed by atoms with Crippen LogP contribution in [0, 0.1) is 0 Å². The molecule has 0 amide bonds. The van der Waals surface area contributed by atoms with E-state index in [2.05, 4.69) is 19.2 Å². The average molecular weight is 251 g/mol. The minimum Gasteiger partial charge on any atom is -0.497 e. The fraction of sp³-hybridized carbons (Fsp3) is 0.600. The van der Waals surface area contributed by atoms with Gasteiger partial charge in [0, 0.05) is 12.6 Å². The summed E-state index contributed by atoms with van der Waals surface area (Å²) < 4.78 is 10.7. The number of hydrogen-bond acceptors (Lipinski definition) is 3. The van der Waals surface area contributed by atoms with Crippen molar-refractivity contribution >= 4 is 0 Å². The van der Waals surface area contributed by atoms with Gasteiger partial charge < -0.3 is 14.8 Å². The van der Waals surface area contributed by atoms with Crippen LogP contribution in [0.2, 0.25) is 0 Å². The van der Waals surface area contributed by atoms with E-state index in [9.17, 15) is 0 Å². The molecule has 1 rings (SSSR count). The summed E-state index contributed by atoms with van der Waals surface area (Å²) in [6.07, 6.45) is 2.44. The highest BCUT2D eigenvalue weighted by molar-refractivity contribution is 5.26. The highest BCUT2D eigenvalue weighted by Crippen LogP contribution is 2.11. The van der Waals surface area contributed by atoms with E-state index < -0.39 is 0 Å². The molecular weight excluding hydrogens is 226 g/mol. The predicted molar refractivity (Wildman–Crippen MR) is 75.0 cm³/mol. The largest absolute Gasteiger partial charge is 0.497 e. The number of hydrogen-bond donors (Lipinski definition) is 1. The highest BCUT2D eigenvalue weighted by atomic mass is 16.5. The summed E-state index contributed by atoms with van der Waals surface area (Å²) in [5.41, 5.74) is 1.18. The maximum atomic E-state index is 5.62. The Hall–Kier alpha value is -1.06. The van der Waals surface area contributed by atoms with Gasteiger partial charge in [-0.2, -0.15) is 0 Å². The van der Waals surface area contributed by atoms with E-state index in [4.69, 9.17) is 9.47 Å². The Morgan fingerprint density at radius 1 is 1.22 bits per heavy atom. The molecule has 0 aliphatic rings. The smallest absolute Gasteiger partial charge is 0.118 e. The van der Waals surface area contributed by atoms with Gasteiger partial charge in [0.25, 0.3) is 0 Å². The van der Waals surface area contributed by atoms with Gasteiger partial charge in [0.15, 0.2) is 0 Å². The molecule has 102 valence electrons. The summed E-state index contributed by atoms with van der Waals surface area (Å²) in [5, 5.41) is 3.44. The summed E-state index contributed by atoms with van der Waals surface area (Å²) in [6, 6.07) is 8.57. The lowest BCUT2D eigenvalue weighted by molar-refractivity contribution is 0.120. The molecule has 3 heteroatoms. The van der Waals surface area contributed by atoms with Crippen LogP contribution in [0.3, 0.4) is 0 Å². The summed E-state index contributed by atoms with van der Waals surface area (Å²) in [5.74, 6) is 0.883. The van der Waals surface area contributed by atoms with Crippen molar-refractivity contribution in [3.63, 3.8) is 0 Å². The molecule has 0 bridgehead atoms. The molecule has 0 spiro atoms. The van der Waals surface area contributed by atoms with Crippen LogP contribution in [-0.2, 0) is 11.3 Å². The van der Waals surface area contributed by atoms with Crippen LogP contribution in [0.4, 0.5) is 0 Å². The second-order valence-electron chi connectivity index (χ2n) is 4.54. The molecule has 1 aromatic rings. The van der Waals surface area contributed by atoms with Crippen molar-refractivity contribution in [2.45, 2.75) is 39.3 Å². The number of rotatable bonds is 9. The van der Waals surface area contributed by atoms with E-state index >= 15 is 0 Å². The first-order valence-corrected chi connectivity index (χ1v) is 6.70. The van der Waals surface area contributed by atoms with Gasteiger partial charge in [0.1, 0.15) is 5.75 Å². The van der Waals surface area contributed by atoms with Gasteiger partial charge in [0.2, 0.25) is 0 Å². The van der Waals surface area contributed by atoms with Gasteiger partial charge in [0.05, 0.1) is 20.3 Å². The molecule has 0 fully saturated rings. The topological polar surface area (TPSA) is 30.5 Å². The molecule has 0 aliphatic carbocycles. The van der Waals surface area contributed by atoms with E-state index in [-0.39, 0.29) is 0 Å². The van der Waals surface area contributed by atoms with Gasteiger partial charge in [-0.05, 0) is 31.0 Å². The number of methoxy groups -OCH3 is 1. The maximum Gasteiger partial charge on any atom is 0.118 e. The molecule has 1 unspecified atom stereocenters. The minimum absolute atomic E-state index is 0.583. The number of ether oxygens (including phenoxy) is 2. The molecule has 0 heterocycles. The molecule has 0 saturated heterocycles. The van der Waals surface area contributed by atoms with Gasteiger partial charge >= 0.3 is 0 Å². The first kappa shape index (κ1) is 15.0. The van der Waals surface area contributed by atoms with Crippen molar-refractivity contribution in [3.05, 3.63) is 29.8 Å². The Kier molecular flexibility index (Phi) is 7.46. The summed E-state index contributed by atoms with van der Waals surface area (Å²) in [4.78, 5) is 0. The Morgan fingerprint density at radius 2 is 1.94 bits per heavy atom. The maximum absolute atomic E-state index is 5.62. The third kappa shape index (κ3) is 6.03. The quantitative estimate of drug-likeness (QED) is 0.684. The van der Waals surface area contributed by atoms with Crippen molar-refractivity contribution in [1.29, 1.82) is 0 Å². The second kappa shape index (κ2) is 8.95. The van der Waals surface area contributed by atoms with E-state index in [1.54, 1.807) is 7.11 Å². The fourth-order valence-electron chi connectivity index (χ4n) is 1.82. The Labute approximate surface area is 110 Å². The average Bonchev–Trinajstić information content (AvgIpc) is 2.39. The zero-order valence-electron chi connectivity index (χ0n) is 11.7. The monoisotopic (exact) mass is 251 g/mol. The molecule has 18 heavy (non-hydrogen) atoms. The van der Waals surface area contributed by atoms with Crippen molar-refractivity contribution in [3.8, 4) is 5.75 Å². The third-order valence-electron chi connectivity index (χ3n) is 2.89. The van der Waals surface area contributed by atoms with Crippen LogP contribution in [0.1, 0.15) is 32.3 Å². The van der Waals surface area contributed by atoms with Crippen LogP contribution in [0.15, 0.2) is 24.3 Å². The molecule has 1 N–H and O–H groups in total. The van der Waals surface area contributed by atoms with Gasteiger partial charge in [-0.3, -0.25) is 0 Å². The van der Waals surface area contributed by atoms with Crippen molar-refractivity contribution in [2.24, 2.45) is 0 Å². The zero-order chi connectivity index (χ0) is 13.2. The normalized spacial score (nSPS) is 12.4. The standard InChI is InChI=1S/C15H25NO2/c1-4-5-13(2)16-10-11-18-12-14-6-8-15(17-3)9-7-14/h6-9,13,16H,4-5,10-12H2,1-3H3. The minimum atomic E-state index is 0.583. The van der Waals surface area contributed by atoms with E-state index in [1.807, 2.05) is 24.3 Å². The van der Waals surface area contributed by atoms with Crippen LogP contribution in [0.25, 0.3) is 0 Å². The first-order chi connectivity index (χ1) is 8.76. The summed E-state index contributed by atoms with van der Waals surface area (Å²) in [6.45, 7) is 6.75. The second-order valence-corrected chi connectivity index (χ2v) is 4.54.